The zero-order valence-corrected chi connectivity index (χ0v) is 10.6. The number of fused-ring (bicyclic) bond motifs is 3. The summed E-state index contributed by atoms with van der Waals surface area (Å²) in [5.74, 6) is 0.524. The van der Waals surface area contributed by atoms with Gasteiger partial charge in [-0.05, 0) is 28.5 Å². The summed E-state index contributed by atoms with van der Waals surface area (Å²) >= 11 is 0. The van der Waals surface area contributed by atoms with Crippen molar-refractivity contribution in [2.45, 2.75) is 32.1 Å². The van der Waals surface area contributed by atoms with Gasteiger partial charge < -0.3 is 0 Å². The second kappa shape index (κ2) is 3.43. The van der Waals surface area contributed by atoms with Gasteiger partial charge in [-0.2, -0.15) is 0 Å². The van der Waals surface area contributed by atoms with Crippen LogP contribution in [0, 0.1) is 0 Å². The maximum atomic E-state index is 4.59. The zero-order valence-electron chi connectivity index (χ0n) is 10.6. The SMILES string of the molecule is CC1c2ccccc2-c2ncccc2C1(C)C. The number of pyridine rings is 1. The third kappa shape index (κ3) is 1.35. The van der Waals surface area contributed by atoms with E-state index < -0.39 is 0 Å². The van der Waals surface area contributed by atoms with Gasteiger partial charge in [-0.15, -0.1) is 0 Å². The molecule has 0 saturated heterocycles. The van der Waals surface area contributed by atoms with Gasteiger partial charge in [0, 0.05) is 11.8 Å². The van der Waals surface area contributed by atoms with Gasteiger partial charge in [-0.3, -0.25) is 4.98 Å². The van der Waals surface area contributed by atoms with E-state index in [-0.39, 0.29) is 5.41 Å². The number of hydrogen-bond acceptors (Lipinski definition) is 1. The van der Waals surface area contributed by atoms with E-state index in [1.165, 1.54) is 16.7 Å². The second-order valence-corrected chi connectivity index (χ2v) is 5.43. The lowest BCUT2D eigenvalue weighted by atomic mass is 9.65. The van der Waals surface area contributed by atoms with E-state index in [0.29, 0.717) is 5.92 Å². The van der Waals surface area contributed by atoms with E-state index in [9.17, 15) is 0 Å². The molecule has 3 rings (SSSR count). The first kappa shape index (κ1) is 10.5. The minimum absolute atomic E-state index is 0.151. The average molecular weight is 223 g/mol. The molecule has 1 aromatic heterocycles. The van der Waals surface area contributed by atoms with Crippen LogP contribution in [-0.4, -0.2) is 4.98 Å². The van der Waals surface area contributed by atoms with Crippen molar-refractivity contribution in [2.24, 2.45) is 0 Å². The maximum Gasteiger partial charge on any atom is 0.0742 e. The smallest absolute Gasteiger partial charge is 0.0742 e. The first-order chi connectivity index (χ1) is 8.12. The minimum atomic E-state index is 0.151. The predicted molar refractivity (Wildman–Crippen MR) is 71.1 cm³/mol. The van der Waals surface area contributed by atoms with Gasteiger partial charge in [-0.25, -0.2) is 0 Å². The summed E-state index contributed by atoms with van der Waals surface area (Å²) in [6, 6.07) is 12.9. The molecule has 0 spiro atoms. The van der Waals surface area contributed by atoms with Gasteiger partial charge in [0.25, 0.3) is 0 Å². The molecule has 1 aromatic carbocycles. The maximum absolute atomic E-state index is 4.59. The van der Waals surface area contributed by atoms with Gasteiger partial charge in [0.15, 0.2) is 0 Å². The Morgan fingerprint density at radius 3 is 2.65 bits per heavy atom. The van der Waals surface area contributed by atoms with Crippen molar-refractivity contribution >= 4 is 0 Å². The Labute approximate surface area is 103 Å². The van der Waals surface area contributed by atoms with Gasteiger partial charge in [0.1, 0.15) is 0 Å². The van der Waals surface area contributed by atoms with Gasteiger partial charge in [0.05, 0.1) is 5.69 Å². The molecule has 0 fully saturated rings. The Hall–Kier alpha value is -1.63. The van der Waals surface area contributed by atoms with Crippen LogP contribution in [0.1, 0.15) is 37.8 Å². The van der Waals surface area contributed by atoms with Crippen molar-refractivity contribution in [1.29, 1.82) is 0 Å². The van der Waals surface area contributed by atoms with Crippen LogP contribution in [-0.2, 0) is 5.41 Å². The largest absolute Gasteiger partial charge is 0.256 e. The lowest BCUT2D eigenvalue weighted by Gasteiger charge is -2.39. The summed E-state index contributed by atoms with van der Waals surface area (Å²) in [4.78, 5) is 4.59. The molecule has 1 aliphatic rings. The average Bonchev–Trinajstić information content (AvgIpc) is 2.37. The highest BCUT2D eigenvalue weighted by Gasteiger charge is 2.37. The van der Waals surface area contributed by atoms with E-state index in [1.54, 1.807) is 0 Å². The highest BCUT2D eigenvalue weighted by molar-refractivity contribution is 5.72. The molecule has 1 atom stereocenters. The minimum Gasteiger partial charge on any atom is -0.256 e. The second-order valence-electron chi connectivity index (χ2n) is 5.43. The Morgan fingerprint density at radius 1 is 1.06 bits per heavy atom. The molecule has 86 valence electrons. The molecule has 1 heterocycles. The fourth-order valence-corrected chi connectivity index (χ4v) is 2.85. The number of rotatable bonds is 0. The van der Waals surface area contributed by atoms with Crippen molar-refractivity contribution in [2.75, 3.05) is 0 Å². The monoisotopic (exact) mass is 223 g/mol. The Bertz CT molecular complexity index is 569. The van der Waals surface area contributed by atoms with Crippen LogP contribution in [0.15, 0.2) is 42.6 Å². The van der Waals surface area contributed by atoms with Crippen molar-refractivity contribution in [3.05, 3.63) is 53.7 Å². The van der Waals surface area contributed by atoms with Crippen LogP contribution in [0.25, 0.3) is 11.3 Å². The van der Waals surface area contributed by atoms with Crippen molar-refractivity contribution in [1.82, 2.24) is 4.98 Å². The Kier molecular flexibility index (Phi) is 2.12. The summed E-state index contributed by atoms with van der Waals surface area (Å²) in [5.41, 5.74) is 5.40. The highest BCUT2D eigenvalue weighted by atomic mass is 14.7. The van der Waals surface area contributed by atoms with Crippen LogP contribution >= 0.6 is 0 Å². The van der Waals surface area contributed by atoms with Gasteiger partial charge >= 0.3 is 0 Å². The lowest BCUT2D eigenvalue weighted by Crippen LogP contribution is -2.29. The fraction of sp³-hybridized carbons (Fsp3) is 0.312. The lowest BCUT2D eigenvalue weighted by molar-refractivity contribution is 0.430. The van der Waals surface area contributed by atoms with Gasteiger partial charge in [0.2, 0.25) is 0 Å². The molecule has 0 amide bonds. The standard InChI is InChI=1S/C16H17N/c1-11-12-7-4-5-8-13(12)15-14(16(11,2)3)9-6-10-17-15/h4-11H,1-3H3. The molecule has 0 radical (unpaired) electrons. The molecule has 17 heavy (non-hydrogen) atoms. The molecule has 0 bridgehead atoms. The van der Waals surface area contributed by atoms with E-state index in [0.717, 1.165) is 5.69 Å². The number of hydrogen-bond donors (Lipinski definition) is 0. The molecular formula is C16H17N. The molecule has 1 nitrogen and oxygen atoms in total. The summed E-state index contributed by atoms with van der Waals surface area (Å²) in [7, 11) is 0. The first-order valence-corrected chi connectivity index (χ1v) is 6.17. The van der Waals surface area contributed by atoms with Crippen LogP contribution in [0.5, 0.6) is 0 Å². The molecule has 1 heteroatoms. The highest BCUT2D eigenvalue weighted by Crippen LogP contribution is 2.48. The summed E-state index contributed by atoms with van der Waals surface area (Å²) in [6.07, 6.45) is 1.89. The van der Waals surface area contributed by atoms with E-state index >= 15 is 0 Å². The topological polar surface area (TPSA) is 12.9 Å². The van der Waals surface area contributed by atoms with Crippen molar-refractivity contribution in [3.63, 3.8) is 0 Å². The third-order valence-electron chi connectivity index (χ3n) is 4.27. The quantitative estimate of drug-likeness (QED) is 0.654. The Morgan fingerprint density at radius 2 is 1.82 bits per heavy atom. The van der Waals surface area contributed by atoms with Crippen LogP contribution in [0.4, 0.5) is 0 Å². The van der Waals surface area contributed by atoms with E-state index in [1.807, 2.05) is 12.3 Å². The van der Waals surface area contributed by atoms with E-state index in [2.05, 4.69) is 56.1 Å². The Balaban J connectivity index is 2.37. The predicted octanol–water partition coefficient (Wildman–Crippen LogP) is 4.14. The van der Waals surface area contributed by atoms with Crippen LogP contribution in [0.2, 0.25) is 0 Å². The summed E-state index contributed by atoms with van der Waals surface area (Å²) in [6.45, 7) is 6.94. The zero-order chi connectivity index (χ0) is 12.0. The summed E-state index contributed by atoms with van der Waals surface area (Å²) in [5, 5.41) is 0. The molecule has 0 saturated carbocycles. The normalized spacial score (nSPS) is 20.5. The molecule has 0 N–H and O–H groups in total. The third-order valence-corrected chi connectivity index (χ3v) is 4.27. The molecule has 1 unspecified atom stereocenters. The number of benzene rings is 1. The van der Waals surface area contributed by atoms with Crippen molar-refractivity contribution in [3.8, 4) is 11.3 Å². The first-order valence-electron chi connectivity index (χ1n) is 6.17. The van der Waals surface area contributed by atoms with E-state index in [4.69, 9.17) is 0 Å². The van der Waals surface area contributed by atoms with Crippen LogP contribution < -0.4 is 0 Å². The molecule has 2 aromatic rings. The fourth-order valence-electron chi connectivity index (χ4n) is 2.85. The molecule has 1 aliphatic carbocycles. The number of aromatic nitrogens is 1. The molecular weight excluding hydrogens is 206 g/mol. The number of nitrogens with zero attached hydrogens (tertiary/aromatic N) is 1. The molecule has 0 aliphatic heterocycles. The van der Waals surface area contributed by atoms with Crippen LogP contribution in [0.3, 0.4) is 0 Å². The van der Waals surface area contributed by atoms with Crippen molar-refractivity contribution < 1.29 is 0 Å². The summed E-state index contributed by atoms with van der Waals surface area (Å²) < 4.78 is 0. The van der Waals surface area contributed by atoms with Gasteiger partial charge in [-0.1, -0.05) is 51.1 Å².